The molecule has 1 saturated heterocycles. The fraction of sp³-hybridized carbons (Fsp3) is 0.647. The molecule has 3 unspecified atom stereocenters. The molecule has 3 nitrogen and oxygen atoms in total. The van der Waals surface area contributed by atoms with Crippen molar-refractivity contribution < 1.29 is 4.74 Å². The first kappa shape index (κ1) is 13.9. The van der Waals surface area contributed by atoms with Gasteiger partial charge in [-0.05, 0) is 45.7 Å². The van der Waals surface area contributed by atoms with E-state index in [0.717, 1.165) is 25.3 Å². The normalized spacial score (nSPS) is 32.7. The fourth-order valence-corrected chi connectivity index (χ4v) is 3.84. The third-order valence-electron chi connectivity index (χ3n) is 4.79. The number of ether oxygens (including phenoxy) is 1. The minimum absolute atomic E-state index is 0.0977. The van der Waals surface area contributed by atoms with Crippen LogP contribution in [0.4, 0.5) is 0 Å². The molecule has 3 atom stereocenters. The third-order valence-corrected chi connectivity index (χ3v) is 4.79. The molecule has 0 spiro atoms. The van der Waals surface area contributed by atoms with Gasteiger partial charge in [-0.2, -0.15) is 0 Å². The number of fused-ring (bicyclic) bond motifs is 1. The molecule has 1 aromatic rings. The maximum absolute atomic E-state index is 6.15. The smallest absolute Gasteiger partial charge is 0.124 e. The van der Waals surface area contributed by atoms with Crippen molar-refractivity contribution in [2.75, 3.05) is 13.1 Å². The Kier molecular flexibility index (Phi) is 3.51. The lowest BCUT2D eigenvalue weighted by Crippen LogP contribution is -2.42. The second kappa shape index (κ2) is 5.05. The predicted molar refractivity (Wildman–Crippen MR) is 81.8 cm³/mol. The molecular weight excluding hydrogens is 248 g/mol. The van der Waals surface area contributed by atoms with Gasteiger partial charge in [0, 0.05) is 30.6 Å². The molecule has 0 amide bonds. The SMILES string of the molecule is CC1CC(CN)CN1C1CC(C)(C)Oc2ccccc21. The summed E-state index contributed by atoms with van der Waals surface area (Å²) in [5.74, 6) is 1.69. The molecule has 20 heavy (non-hydrogen) atoms. The number of rotatable bonds is 2. The Bertz CT molecular complexity index is 486. The molecule has 0 aromatic heterocycles. The lowest BCUT2D eigenvalue weighted by atomic mass is 9.88. The van der Waals surface area contributed by atoms with Crippen LogP contribution in [0.1, 0.15) is 45.2 Å². The van der Waals surface area contributed by atoms with Gasteiger partial charge >= 0.3 is 0 Å². The highest BCUT2D eigenvalue weighted by Crippen LogP contribution is 2.45. The van der Waals surface area contributed by atoms with E-state index in [-0.39, 0.29) is 5.60 Å². The van der Waals surface area contributed by atoms with Crippen molar-refractivity contribution >= 4 is 0 Å². The molecule has 2 N–H and O–H groups in total. The molecule has 1 fully saturated rings. The molecule has 110 valence electrons. The molecule has 0 saturated carbocycles. The van der Waals surface area contributed by atoms with Gasteiger partial charge < -0.3 is 10.5 Å². The van der Waals surface area contributed by atoms with E-state index in [0.29, 0.717) is 18.0 Å². The molecule has 0 aliphatic carbocycles. The quantitative estimate of drug-likeness (QED) is 0.901. The average molecular weight is 274 g/mol. The molecule has 0 bridgehead atoms. The summed E-state index contributed by atoms with van der Waals surface area (Å²) in [5.41, 5.74) is 7.13. The van der Waals surface area contributed by atoms with Crippen LogP contribution >= 0.6 is 0 Å². The Balaban J connectivity index is 1.93. The lowest BCUT2D eigenvalue weighted by Gasteiger charge is -2.42. The van der Waals surface area contributed by atoms with Gasteiger partial charge in [-0.1, -0.05) is 18.2 Å². The van der Waals surface area contributed by atoms with Crippen LogP contribution in [-0.4, -0.2) is 29.6 Å². The van der Waals surface area contributed by atoms with Crippen LogP contribution in [-0.2, 0) is 0 Å². The zero-order chi connectivity index (χ0) is 14.3. The summed E-state index contributed by atoms with van der Waals surface area (Å²) >= 11 is 0. The van der Waals surface area contributed by atoms with Gasteiger partial charge in [0.1, 0.15) is 11.4 Å². The number of hydrogen-bond acceptors (Lipinski definition) is 3. The largest absolute Gasteiger partial charge is 0.487 e. The maximum atomic E-state index is 6.15. The second-order valence-electron chi connectivity index (χ2n) is 7.00. The lowest BCUT2D eigenvalue weighted by molar-refractivity contribution is 0.0268. The molecule has 1 aromatic carbocycles. The summed E-state index contributed by atoms with van der Waals surface area (Å²) in [6.45, 7) is 8.64. The molecular formula is C17H26N2O. The monoisotopic (exact) mass is 274 g/mol. The predicted octanol–water partition coefficient (Wildman–Crippen LogP) is 2.96. The summed E-state index contributed by atoms with van der Waals surface area (Å²) in [7, 11) is 0. The van der Waals surface area contributed by atoms with Gasteiger partial charge in [0.15, 0.2) is 0 Å². The Morgan fingerprint density at radius 2 is 2.10 bits per heavy atom. The Hall–Kier alpha value is -1.06. The molecule has 2 aliphatic heterocycles. The van der Waals surface area contributed by atoms with Crippen molar-refractivity contribution in [1.29, 1.82) is 0 Å². The van der Waals surface area contributed by atoms with Crippen LogP contribution in [0.25, 0.3) is 0 Å². The minimum atomic E-state index is -0.0977. The summed E-state index contributed by atoms with van der Waals surface area (Å²) in [5, 5.41) is 0. The van der Waals surface area contributed by atoms with Gasteiger partial charge in [-0.3, -0.25) is 4.90 Å². The minimum Gasteiger partial charge on any atom is -0.487 e. The highest BCUT2D eigenvalue weighted by molar-refractivity contribution is 5.39. The summed E-state index contributed by atoms with van der Waals surface area (Å²) in [6.07, 6.45) is 2.27. The summed E-state index contributed by atoms with van der Waals surface area (Å²) in [6, 6.07) is 9.57. The highest BCUT2D eigenvalue weighted by Gasteiger charge is 2.41. The first-order valence-corrected chi connectivity index (χ1v) is 7.74. The summed E-state index contributed by atoms with van der Waals surface area (Å²) < 4.78 is 6.15. The number of benzene rings is 1. The first-order chi connectivity index (χ1) is 9.50. The third kappa shape index (κ3) is 2.45. The van der Waals surface area contributed by atoms with E-state index in [9.17, 15) is 0 Å². The van der Waals surface area contributed by atoms with Gasteiger partial charge in [0.25, 0.3) is 0 Å². The van der Waals surface area contributed by atoms with Crippen LogP contribution in [0.2, 0.25) is 0 Å². The molecule has 3 rings (SSSR count). The van der Waals surface area contributed by atoms with Crippen molar-refractivity contribution in [2.45, 2.75) is 51.3 Å². The molecule has 0 radical (unpaired) electrons. The number of nitrogens with zero attached hydrogens (tertiary/aromatic N) is 1. The van der Waals surface area contributed by atoms with E-state index in [1.807, 2.05) is 0 Å². The number of nitrogens with two attached hydrogens (primary N) is 1. The number of hydrogen-bond donors (Lipinski definition) is 1. The Morgan fingerprint density at radius 1 is 1.35 bits per heavy atom. The van der Waals surface area contributed by atoms with E-state index in [4.69, 9.17) is 10.5 Å². The van der Waals surface area contributed by atoms with Crippen LogP contribution in [0.3, 0.4) is 0 Å². The zero-order valence-electron chi connectivity index (χ0n) is 12.8. The van der Waals surface area contributed by atoms with Gasteiger partial charge in [0.05, 0.1) is 0 Å². The molecule has 3 heteroatoms. The Labute approximate surface area is 122 Å². The van der Waals surface area contributed by atoms with Crippen LogP contribution in [0.5, 0.6) is 5.75 Å². The van der Waals surface area contributed by atoms with E-state index >= 15 is 0 Å². The number of likely N-dealkylation sites (tertiary alicyclic amines) is 1. The standard InChI is InChI=1S/C17H26N2O/c1-12-8-13(10-18)11-19(12)15-9-17(2,3)20-16-7-5-4-6-14(15)16/h4-7,12-13,15H,8-11,18H2,1-3H3. The van der Waals surface area contributed by atoms with Crippen LogP contribution in [0.15, 0.2) is 24.3 Å². The second-order valence-corrected chi connectivity index (χ2v) is 7.00. The average Bonchev–Trinajstić information content (AvgIpc) is 2.78. The van der Waals surface area contributed by atoms with Crippen LogP contribution in [0, 0.1) is 5.92 Å². The van der Waals surface area contributed by atoms with Gasteiger partial charge in [-0.25, -0.2) is 0 Å². The summed E-state index contributed by atoms with van der Waals surface area (Å²) in [4.78, 5) is 2.64. The maximum Gasteiger partial charge on any atom is 0.124 e. The highest BCUT2D eigenvalue weighted by atomic mass is 16.5. The van der Waals surface area contributed by atoms with Crippen molar-refractivity contribution in [3.05, 3.63) is 29.8 Å². The fourth-order valence-electron chi connectivity index (χ4n) is 3.84. The Morgan fingerprint density at radius 3 is 2.80 bits per heavy atom. The van der Waals surface area contributed by atoms with Crippen molar-refractivity contribution in [1.82, 2.24) is 4.90 Å². The topological polar surface area (TPSA) is 38.5 Å². The van der Waals surface area contributed by atoms with Crippen molar-refractivity contribution in [2.24, 2.45) is 11.7 Å². The van der Waals surface area contributed by atoms with E-state index in [1.54, 1.807) is 0 Å². The van der Waals surface area contributed by atoms with Crippen molar-refractivity contribution in [3.63, 3.8) is 0 Å². The number of para-hydroxylation sites is 1. The molecule has 2 heterocycles. The van der Waals surface area contributed by atoms with E-state index in [1.165, 1.54) is 12.0 Å². The van der Waals surface area contributed by atoms with Crippen molar-refractivity contribution in [3.8, 4) is 5.75 Å². The van der Waals surface area contributed by atoms with Crippen LogP contribution < -0.4 is 10.5 Å². The van der Waals surface area contributed by atoms with Gasteiger partial charge in [0.2, 0.25) is 0 Å². The molecule has 2 aliphatic rings. The van der Waals surface area contributed by atoms with E-state index in [2.05, 4.69) is 49.9 Å². The van der Waals surface area contributed by atoms with Gasteiger partial charge in [-0.15, -0.1) is 0 Å². The van der Waals surface area contributed by atoms with E-state index < -0.39 is 0 Å². The zero-order valence-corrected chi connectivity index (χ0v) is 12.8. The first-order valence-electron chi connectivity index (χ1n) is 7.74.